The van der Waals surface area contributed by atoms with Gasteiger partial charge in [-0.2, -0.15) is 0 Å². The van der Waals surface area contributed by atoms with Crippen molar-refractivity contribution in [3.63, 3.8) is 0 Å². The Morgan fingerprint density at radius 3 is 2.92 bits per heavy atom. The van der Waals surface area contributed by atoms with Crippen molar-refractivity contribution >= 4 is 6.08 Å². The number of benzene rings is 1. The van der Waals surface area contributed by atoms with Gasteiger partial charge >= 0.3 is 0 Å². The zero-order chi connectivity index (χ0) is 9.26. The minimum Gasteiger partial charge on any atom is -0.330 e. The second kappa shape index (κ2) is 3.30. The van der Waals surface area contributed by atoms with Gasteiger partial charge in [0.05, 0.1) is 0 Å². The third-order valence-electron chi connectivity index (χ3n) is 2.37. The molecule has 0 spiro atoms. The maximum Gasteiger partial charge on any atom is 0.130 e. The van der Waals surface area contributed by atoms with Gasteiger partial charge in [-0.05, 0) is 31.0 Å². The van der Waals surface area contributed by atoms with Gasteiger partial charge in [0.2, 0.25) is 0 Å². The van der Waals surface area contributed by atoms with Gasteiger partial charge in [-0.3, -0.25) is 0 Å². The predicted molar refractivity (Wildman–Crippen MR) is 51.8 cm³/mol. The van der Waals surface area contributed by atoms with Crippen LogP contribution in [0.25, 0.3) is 6.08 Å². The molecule has 0 aromatic heterocycles. The number of nitrogens with two attached hydrogens (primary N) is 1. The molecule has 1 aliphatic rings. The average Bonchev–Trinajstić information content (AvgIpc) is 2.49. The van der Waals surface area contributed by atoms with E-state index < -0.39 is 0 Å². The Bertz CT molecular complexity index is 355. The number of halogens is 1. The Hall–Kier alpha value is -1.15. The zero-order valence-electron chi connectivity index (χ0n) is 7.39. The van der Waals surface area contributed by atoms with E-state index in [4.69, 9.17) is 5.73 Å². The summed E-state index contributed by atoms with van der Waals surface area (Å²) in [5.41, 5.74) is 8.53. The summed E-state index contributed by atoms with van der Waals surface area (Å²) in [5.74, 6) is -0.121. The Morgan fingerprint density at radius 1 is 1.38 bits per heavy atom. The van der Waals surface area contributed by atoms with Gasteiger partial charge in [-0.15, -0.1) is 0 Å². The molecule has 0 unspecified atom stereocenters. The molecule has 1 nitrogen and oxygen atoms in total. The SMILES string of the molecule is NCCC1=Cc2c(F)cccc2C1. The molecule has 2 rings (SSSR count). The zero-order valence-corrected chi connectivity index (χ0v) is 7.39. The van der Waals surface area contributed by atoms with Gasteiger partial charge in [-0.1, -0.05) is 23.8 Å². The maximum atomic E-state index is 13.2. The molecule has 0 saturated carbocycles. The maximum absolute atomic E-state index is 13.2. The molecule has 0 radical (unpaired) electrons. The highest BCUT2D eigenvalue weighted by atomic mass is 19.1. The fraction of sp³-hybridized carbons (Fsp3) is 0.273. The van der Waals surface area contributed by atoms with Crippen LogP contribution in [0.3, 0.4) is 0 Å². The van der Waals surface area contributed by atoms with Crippen LogP contribution in [0.2, 0.25) is 0 Å². The van der Waals surface area contributed by atoms with Crippen LogP contribution in [0.4, 0.5) is 4.39 Å². The van der Waals surface area contributed by atoms with Crippen molar-refractivity contribution in [1.29, 1.82) is 0 Å². The normalized spacial score (nSPS) is 14.2. The van der Waals surface area contributed by atoms with E-state index in [-0.39, 0.29) is 5.82 Å². The lowest BCUT2D eigenvalue weighted by atomic mass is 10.1. The Labute approximate surface area is 77.1 Å². The summed E-state index contributed by atoms with van der Waals surface area (Å²) in [6.45, 7) is 0.640. The number of hydrogen-bond donors (Lipinski definition) is 1. The van der Waals surface area contributed by atoms with E-state index in [1.807, 2.05) is 12.1 Å². The minimum absolute atomic E-state index is 0.121. The van der Waals surface area contributed by atoms with Crippen LogP contribution in [-0.2, 0) is 6.42 Å². The highest BCUT2D eigenvalue weighted by Crippen LogP contribution is 2.28. The van der Waals surface area contributed by atoms with E-state index >= 15 is 0 Å². The number of rotatable bonds is 2. The van der Waals surface area contributed by atoms with E-state index in [2.05, 4.69) is 0 Å². The standard InChI is InChI=1S/C11H12FN/c12-11-3-1-2-9-6-8(4-5-13)7-10(9)11/h1-3,7H,4-6,13H2. The van der Waals surface area contributed by atoms with E-state index in [9.17, 15) is 4.39 Å². The summed E-state index contributed by atoms with van der Waals surface area (Å²) in [7, 11) is 0. The topological polar surface area (TPSA) is 26.0 Å². The summed E-state index contributed by atoms with van der Waals surface area (Å²) in [5, 5.41) is 0. The quantitative estimate of drug-likeness (QED) is 0.735. The summed E-state index contributed by atoms with van der Waals surface area (Å²) in [6, 6.07) is 5.23. The lowest BCUT2D eigenvalue weighted by Crippen LogP contribution is -1.99. The van der Waals surface area contributed by atoms with Crippen molar-refractivity contribution < 1.29 is 4.39 Å². The molecule has 0 aliphatic heterocycles. The molecular weight excluding hydrogens is 165 g/mol. The fourth-order valence-corrected chi connectivity index (χ4v) is 1.74. The molecule has 68 valence electrons. The molecule has 1 aromatic rings. The smallest absolute Gasteiger partial charge is 0.130 e. The van der Waals surface area contributed by atoms with Gasteiger partial charge in [0.25, 0.3) is 0 Å². The molecule has 0 fully saturated rings. The predicted octanol–water partition coefficient (Wildman–Crippen LogP) is 2.11. The number of hydrogen-bond acceptors (Lipinski definition) is 1. The van der Waals surface area contributed by atoms with Crippen LogP contribution in [0.1, 0.15) is 17.5 Å². The molecule has 0 saturated heterocycles. The van der Waals surface area contributed by atoms with Gasteiger partial charge < -0.3 is 5.73 Å². The van der Waals surface area contributed by atoms with E-state index in [0.717, 1.165) is 24.0 Å². The van der Waals surface area contributed by atoms with Crippen molar-refractivity contribution in [3.8, 4) is 0 Å². The van der Waals surface area contributed by atoms with Crippen LogP contribution in [-0.4, -0.2) is 6.54 Å². The van der Waals surface area contributed by atoms with Crippen LogP contribution < -0.4 is 5.73 Å². The first-order valence-electron chi connectivity index (χ1n) is 4.48. The van der Waals surface area contributed by atoms with Crippen molar-refractivity contribution in [2.24, 2.45) is 5.73 Å². The lowest BCUT2D eigenvalue weighted by Gasteiger charge is -1.98. The Kier molecular flexibility index (Phi) is 2.15. The molecule has 1 aliphatic carbocycles. The second-order valence-corrected chi connectivity index (χ2v) is 3.33. The molecule has 0 heterocycles. The number of fused-ring (bicyclic) bond motifs is 1. The van der Waals surface area contributed by atoms with E-state index in [1.54, 1.807) is 6.07 Å². The summed E-state index contributed by atoms with van der Waals surface area (Å²) >= 11 is 0. The first kappa shape index (κ1) is 8.45. The van der Waals surface area contributed by atoms with Gasteiger partial charge in [0.1, 0.15) is 5.82 Å². The third kappa shape index (κ3) is 1.49. The van der Waals surface area contributed by atoms with Crippen molar-refractivity contribution in [3.05, 3.63) is 40.7 Å². The molecule has 0 bridgehead atoms. The summed E-state index contributed by atoms with van der Waals surface area (Å²) < 4.78 is 13.2. The Morgan fingerprint density at radius 2 is 2.23 bits per heavy atom. The molecule has 0 amide bonds. The van der Waals surface area contributed by atoms with Gasteiger partial charge in [0, 0.05) is 5.56 Å². The first-order valence-corrected chi connectivity index (χ1v) is 4.48. The highest BCUT2D eigenvalue weighted by Gasteiger charge is 2.14. The van der Waals surface area contributed by atoms with Crippen molar-refractivity contribution in [2.45, 2.75) is 12.8 Å². The average molecular weight is 177 g/mol. The van der Waals surface area contributed by atoms with E-state index in [0.29, 0.717) is 6.54 Å². The lowest BCUT2D eigenvalue weighted by molar-refractivity contribution is 0.624. The van der Waals surface area contributed by atoms with E-state index in [1.165, 1.54) is 11.6 Å². The van der Waals surface area contributed by atoms with Crippen LogP contribution in [0.5, 0.6) is 0 Å². The van der Waals surface area contributed by atoms with Crippen molar-refractivity contribution in [2.75, 3.05) is 6.54 Å². The van der Waals surface area contributed by atoms with Crippen molar-refractivity contribution in [1.82, 2.24) is 0 Å². The second-order valence-electron chi connectivity index (χ2n) is 3.33. The molecule has 2 heteroatoms. The minimum atomic E-state index is -0.121. The fourth-order valence-electron chi connectivity index (χ4n) is 1.74. The van der Waals surface area contributed by atoms with Crippen LogP contribution in [0, 0.1) is 5.82 Å². The molecule has 13 heavy (non-hydrogen) atoms. The summed E-state index contributed by atoms with van der Waals surface area (Å²) in [4.78, 5) is 0. The van der Waals surface area contributed by atoms with Crippen LogP contribution >= 0.6 is 0 Å². The van der Waals surface area contributed by atoms with Gasteiger partial charge in [0.15, 0.2) is 0 Å². The summed E-state index contributed by atoms with van der Waals surface area (Å²) in [6.07, 6.45) is 3.66. The molecule has 1 aromatic carbocycles. The molecular formula is C11H12FN. The monoisotopic (exact) mass is 177 g/mol. The largest absolute Gasteiger partial charge is 0.330 e. The molecule has 2 N–H and O–H groups in total. The third-order valence-corrected chi connectivity index (χ3v) is 2.37. The van der Waals surface area contributed by atoms with Gasteiger partial charge in [-0.25, -0.2) is 4.39 Å². The highest BCUT2D eigenvalue weighted by molar-refractivity contribution is 5.64. The molecule has 0 atom stereocenters. The van der Waals surface area contributed by atoms with Crippen LogP contribution in [0.15, 0.2) is 23.8 Å². The Balaban J connectivity index is 2.32. The first-order chi connectivity index (χ1) is 6.31.